The van der Waals surface area contributed by atoms with Crippen LogP contribution in [0.3, 0.4) is 0 Å². The van der Waals surface area contributed by atoms with E-state index in [0.717, 1.165) is 36.6 Å². The molecular formula is C20H26O5. The molecule has 0 fully saturated rings. The number of benzene rings is 1. The third kappa shape index (κ3) is 4.62. The molecule has 2 aromatic rings. The van der Waals surface area contributed by atoms with Gasteiger partial charge in [0.15, 0.2) is 0 Å². The summed E-state index contributed by atoms with van der Waals surface area (Å²) < 4.78 is 10.2. The molecule has 25 heavy (non-hydrogen) atoms. The number of fused-ring (bicyclic) bond motifs is 1. The Hall–Kier alpha value is -2.30. The second kappa shape index (κ2) is 8.70. The number of aromatic hydroxyl groups is 1. The molecule has 5 heteroatoms. The third-order valence-corrected chi connectivity index (χ3v) is 4.41. The monoisotopic (exact) mass is 346 g/mol. The molecule has 0 amide bonds. The summed E-state index contributed by atoms with van der Waals surface area (Å²) in [6.45, 7) is 5.95. The first kappa shape index (κ1) is 19.0. The first-order chi connectivity index (χ1) is 12.0. The first-order valence-electron chi connectivity index (χ1n) is 8.91. The molecule has 0 aliphatic rings. The average molecular weight is 346 g/mol. The van der Waals surface area contributed by atoms with Crippen molar-refractivity contribution in [2.24, 2.45) is 0 Å². The minimum absolute atomic E-state index is 0.106. The second-order valence-electron chi connectivity index (χ2n) is 6.26. The van der Waals surface area contributed by atoms with E-state index in [4.69, 9.17) is 9.15 Å². The molecule has 5 nitrogen and oxygen atoms in total. The summed E-state index contributed by atoms with van der Waals surface area (Å²) in [4.78, 5) is 23.9. The van der Waals surface area contributed by atoms with Crippen molar-refractivity contribution < 1.29 is 19.1 Å². The van der Waals surface area contributed by atoms with Crippen LogP contribution in [0.1, 0.15) is 56.2 Å². The average Bonchev–Trinajstić information content (AvgIpc) is 2.56. The van der Waals surface area contributed by atoms with E-state index in [0.29, 0.717) is 16.7 Å². The molecule has 0 saturated carbocycles. The van der Waals surface area contributed by atoms with E-state index in [2.05, 4.69) is 6.92 Å². The molecule has 136 valence electrons. The molecule has 0 spiro atoms. The minimum atomic E-state index is -0.562. The number of unbranched alkanes of at least 4 members (excludes halogenated alkanes) is 3. The maximum atomic E-state index is 12.2. The molecule has 0 aliphatic heterocycles. The third-order valence-electron chi connectivity index (χ3n) is 4.41. The van der Waals surface area contributed by atoms with E-state index >= 15 is 0 Å². The van der Waals surface area contributed by atoms with E-state index < -0.39 is 11.6 Å². The molecule has 1 N–H and O–H groups in total. The Kier molecular flexibility index (Phi) is 6.62. The van der Waals surface area contributed by atoms with Gasteiger partial charge in [-0.25, -0.2) is 4.79 Å². The quantitative estimate of drug-likeness (QED) is 0.443. The van der Waals surface area contributed by atoms with E-state index in [1.807, 2.05) is 6.07 Å². The Morgan fingerprint density at radius 3 is 2.64 bits per heavy atom. The van der Waals surface area contributed by atoms with Crippen LogP contribution < -0.4 is 5.63 Å². The number of phenols is 1. The van der Waals surface area contributed by atoms with Gasteiger partial charge in [-0.05, 0) is 43.9 Å². The van der Waals surface area contributed by atoms with Crippen molar-refractivity contribution in [3.63, 3.8) is 0 Å². The normalized spacial score (nSPS) is 11.0. The van der Waals surface area contributed by atoms with Gasteiger partial charge in [0.1, 0.15) is 11.3 Å². The fourth-order valence-corrected chi connectivity index (χ4v) is 2.97. The smallest absolute Gasteiger partial charge is 0.340 e. The molecule has 0 radical (unpaired) electrons. The molecule has 0 atom stereocenters. The zero-order valence-corrected chi connectivity index (χ0v) is 15.2. The molecule has 0 saturated heterocycles. The molecule has 0 unspecified atom stereocenters. The number of carbonyl (C=O) groups is 1. The Bertz CT molecular complexity index is 804. The predicted molar refractivity (Wildman–Crippen MR) is 97.1 cm³/mol. The lowest BCUT2D eigenvalue weighted by molar-refractivity contribution is -0.142. The Balaban J connectivity index is 2.38. The molecular weight excluding hydrogens is 320 g/mol. The SMILES string of the molecule is CCCCCCc1cc2c(C)c(CC(=O)OCC)c(=O)oc2cc1O. The van der Waals surface area contributed by atoms with E-state index in [-0.39, 0.29) is 18.8 Å². The van der Waals surface area contributed by atoms with Gasteiger partial charge in [-0.1, -0.05) is 26.2 Å². The van der Waals surface area contributed by atoms with Crippen LogP contribution >= 0.6 is 0 Å². The number of aryl methyl sites for hydroxylation is 2. The van der Waals surface area contributed by atoms with Gasteiger partial charge in [0.05, 0.1) is 18.6 Å². The summed E-state index contributed by atoms with van der Waals surface area (Å²) in [7, 11) is 0. The van der Waals surface area contributed by atoms with Gasteiger partial charge in [0.2, 0.25) is 0 Å². The van der Waals surface area contributed by atoms with Gasteiger partial charge >= 0.3 is 11.6 Å². The molecule has 2 rings (SSSR count). The van der Waals surface area contributed by atoms with Crippen molar-refractivity contribution in [3.8, 4) is 5.75 Å². The maximum absolute atomic E-state index is 12.2. The highest BCUT2D eigenvalue weighted by molar-refractivity contribution is 5.85. The summed E-state index contributed by atoms with van der Waals surface area (Å²) in [5.74, 6) is -0.305. The summed E-state index contributed by atoms with van der Waals surface area (Å²) >= 11 is 0. The highest BCUT2D eigenvalue weighted by atomic mass is 16.5. The second-order valence-corrected chi connectivity index (χ2v) is 6.26. The van der Waals surface area contributed by atoms with Crippen molar-refractivity contribution in [1.82, 2.24) is 0 Å². The number of hydrogen-bond acceptors (Lipinski definition) is 5. The summed E-state index contributed by atoms with van der Waals surface area (Å²) in [5, 5.41) is 10.9. The Morgan fingerprint density at radius 2 is 1.96 bits per heavy atom. The number of esters is 1. The zero-order valence-electron chi connectivity index (χ0n) is 15.2. The lowest BCUT2D eigenvalue weighted by Gasteiger charge is -2.11. The van der Waals surface area contributed by atoms with E-state index in [9.17, 15) is 14.7 Å². The summed E-state index contributed by atoms with van der Waals surface area (Å²) in [6, 6.07) is 3.36. The van der Waals surface area contributed by atoms with Crippen LogP contribution in [-0.4, -0.2) is 17.7 Å². The highest BCUT2D eigenvalue weighted by Gasteiger charge is 2.17. The number of ether oxygens (including phenoxy) is 1. The van der Waals surface area contributed by atoms with Gasteiger partial charge in [-0.2, -0.15) is 0 Å². The van der Waals surface area contributed by atoms with Crippen LogP contribution in [0, 0.1) is 6.92 Å². The van der Waals surface area contributed by atoms with Gasteiger partial charge in [0, 0.05) is 11.5 Å². The lowest BCUT2D eigenvalue weighted by Crippen LogP contribution is -2.17. The topological polar surface area (TPSA) is 76.7 Å². The summed E-state index contributed by atoms with van der Waals surface area (Å²) in [6.07, 6.45) is 5.11. The summed E-state index contributed by atoms with van der Waals surface area (Å²) in [5.41, 5.74) is 1.63. The number of rotatable bonds is 8. The number of hydrogen-bond donors (Lipinski definition) is 1. The van der Waals surface area contributed by atoms with Gasteiger partial charge < -0.3 is 14.3 Å². The Labute approximate surface area is 147 Å². The molecule has 1 aromatic heterocycles. The van der Waals surface area contributed by atoms with Crippen molar-refractivity contribution in [1.29, 1.82) is 0 Å². The minimum Gasteiger partial charge on any atom is -0.508 e. The molecule has 1 aromatic carbocycles. The highest BCUT2D eigenvalue weighted by Crippen LogP contribution is 2.29. The van der Waals surface area contributed by atoms with Crippen LogP contribution in [0.4, 0.5) is 0 Å². The standard InChI is InChI=1S/C20H26O5/c1-4-6-7-8-9-14-10-15-13(3)16(11-19(22)24-5-2)20(23)25-18(15)12-17(14)21/h10,12,21H,4-9,11H2,1-3H3. The maximum Gasteiger partial charge on any atom is 0.340 e. The lowest BCUT2D eigenvalue weighted by atomic mass is 9.99. The van der Waals surface area contributed by atoms with Crippen LogP contribution in [0.25, 0.3) is 11.0 Å². The zero-order chi connectivity index (χ0) is 18.4. The molecule has 1 heterocycles. The van der Waals surface area contributed by atoms with Gasteiger partial charge in [-0.3, -0.25) is 4.79 Å². The van der Waals surface area contributed by atoms with E-state index in [1.54, 1.807) is 13.8 Å². The fourth-order valence-electron chi connectivity index (χ4n) is 2.97. The number of carbonyl (C=O) groups excluding carboxylic acids is 1. The van der Waals surface area contributed by atoms with Gasteiger partial charge in [-0.15, -0.1) is 0 Å². The molecule has 0 bridgehead atoms. The van der Waals surface area contributed by atoms with Crippen molar-refractivity contribution in [2.45, 2.75) is 59.3 Å². The van der Waals surface area contributed by atoms with Crippen LogP contribution in [0.2, 0.25) is 0 Å². The first-order valence-corrected chi connectivity index (χ1v) is 8.91. The number of phenolic OH excluding ortho intramolecular Hbond substituents is 1. The van der Waals surface area contributed by atoms with Crippen molar-refractivity contribution in [3.05, 3.63) is 39.2 Å². The Morgan fingerprint density at radius 1 is 1.20 bits per heavy atom. The van der Waals surface area contributed by atoms with Crippen molar-refractivity contribution >= 4 is 16.9 Å². The van der Waals surface area contributed by atoms with Gasteiger partial charge in [0.25, 0.3) is 0 Å². The fraction of sp³-hybridized carbons (Fsp3) is 0.500. The van der Waals surface area contributed by atoms with Crippen LogP contribution in [-0.2, 0) is 22.4 Å². The van der Waals surface area contributed by atoms with Crippen LogP contribution in [0.5, 0.6) is 5.75 Å². The van der Waals surface area contributed by atoms with Crippen LogP contribution in [0.15, 0.2) is 21.3 Å². The largest absolute Gasteiger partial charge is 0.508 e. The van der Waals surface area contributed by atoms with E-state index in [1.165, 1.54) is 12.5 Å². The predicted octanol–water partition coefficient (Wildman–Crippen LogP) is 4.04. The van der Waals surface area contributed by atoms with Crippen molar-refractivity contribution in [2.75, 3.05) is 6.61 Å². The molecule has 0 aliphatic carbocycles.